The van der Waals surface area contributed by atoms with Crippen molar-refractivity contribution in [2.75, 3.05) is 12.1 Å². The van der Waals surface area contributed by atoms with Crippen molar-refractivity contribution < 1.29 is 29.0 Å². The van der Waals surface area contributed by atoms with E-state index in [1.165, 1.54) is 19.3 Å². The number of hydrogen-bond donors (Lipinski definition) is 3. The van der Waals surface area contributed by atoms with E-state index in [1.807, 2.05) is 6.08 Å². The highest BCUT2D eigenvalue weighted by atomic mass is 16.7. The predicted molar refractivity (Wildman–Crippen MR) is 140 cm³/mol. The molecule has 7 rings (SSSR count). The lowest BCUT2D eigenvalue weighted by Gasteiger charge is -2.56. The van der Waals surface area contributed by atoms with Gasteiger partial charge in [0.05, 0.1) is 23.2 Å². The van der Waals surface area contributed by atoms with Gasteiger partial charge in [-0.3, -0.25) is 14.4 Å². The third-order valence-electron chi connectivity index (χ3n) is 9.30. The number of nitrogens with zero attached hydrogens (tertiary/aromatic N) is 1. The van der Waals surface area contributed by atoms with Crippen LogP contribution in [0.25, 0.3) is 0 Å². The molecule has 0 aromatic heterocycles. The number of carbonyl (C=O) groups is 3. The first-order chi connectivity index (χ1) is 18.3. The van der Waals surface area contributed by atoms with Gasteiger partial charge < -0.3 is 19.9 Å². The predicted octanol–water partition coefficient (Wildman–Crippen LogP) is 4.47. The summed E-state index contributed by atoms with van der Waals surface area (Å²) < 4.78 is 11.0. The van der Waals surface area contributed by atoms with Crippen LogP contribution < -0.4 is 20.2 Å². The van der Waals surface area contributed by atoms with E-state index in [4.69, 9.17) is 9.47 Å². The zero-order chi connectivity index (χ0) is 26.4. The fourth-order valence-corrected chi connectivity index (χ4v) is 8.04. The molecule has 38 heavy (non-hydrogen) atoms. The van der Waals surface area contributed by atoms with E-state index < -0.39 is 17.8 Å². The van der Waals surface area contributed by atoms with Crippen molar-refractivity contribution in [2.24, 2.45) is 40.1 Å². The van der Waals surface area contributed by atoms with Gasteiger partial charge in [-0.25, -0.2) is 5.43 Å². The van der Waals surface area contributed by atoms with Gasteiger partial charge >= 0.3 is 5.97 Å². The number of aliphatic carboxylic acids is 1. The summed E-state index contributed by atoms with van der Waals surface area (Å²) in [4.78, 5) is 37.9. The third kappa shape index (κ3) is 4.78. The molecular weight excluding hydrogens is 486 g/mol. The first kappa shape index (κ1) is 24.9. The Balaban J connectivity index is 1.18. The van der Waals surface area contributed by atoms with E-state index >= 15 is 0 Å². The van der Waals surface area contributed by atoms with Gasteiger partial charge in [0, 0.05) is 18.1 Å². The number of nitrogens with one attached hydrogen (secondary N) is 2. The minimum absolute atomic E-state index is 0.0681. The Morgan fingerprint density at radius 1 is 0.974 bits per heavy atom. The second-order valence-electron chi connectivity index (χ2n) is 12.1. The number of hydrogen-bond acceptors (Lipinski definition) is 6. The number of hydrazone groups is 1. The van der Waals surface area contributed by atoms with Crippen molar-refractivity contribution >= 4 is 29.2 Å². The van der Waals surface area contributed by atoms with Crippen molar-refractivity contribution in [1.82, 2.24) is 5.43 Å². The average Bonchev–Trinajstić information content (AvgIpc) is 3.33. The lowest BCUT2D eigenvalue weighted by molar-refractivity contribution is -0.146. The second kappa shape index (κ2) is 9.75. The van der Waals surface area contributed by atoms with Crippen LogP contribution in [0, 0.1) is 35.0 Å². The molecule has 5 aliphatic carbocycles. The van der Waals surface area contributed by atoms with Gasteiger partial charge in [-0.15, -0.1) is 0 Å². The maximum Gasteiger partial charge on any atom is 0.307 e. The van der Waals surface area contributed by atoms with E-state index in [0.717, 1.165) is 37.0 Å². The minimum Gasteiger partial charge on any atom is -0.481 e. The summed E-state index contributed by atoms with van der Waals surface area (Å²) in [6, 6.07) is 3.40. The van der Waals surface area contributed by atoms with Gasteiger partial charge in [0.1, 0.15) is 0 Å². The van der Waals surface area contributed by atoms with Crippen LogP contribution in [0.1, 0.15) is 70.3 Å². The number of carbonyl (C=O) groups excluding carboxylic acids is 2. The molecule has 6 aliphatic rings. The first-order valence-electron chi connectivity index (χ1n) is 13.7. The molecule has 4 fully saturated rings. The van der Waals surface area contributed by atoms with Gasteiger partial charge in [-0.05, 0) is 87.5 Å². The van der Waals surface area contributed by atoms with E-state index in [2.05, 4.69) is 15.8 Å². The fraction of sp³-hybridized carbons (Fsp3) is 0.586. The number of allylic oxidation sites excluding steroid dienone is 2. The zero-order valence-corrected chi connectivity index (χ0v) is 21.7. The smallest absolute Gasteiger partial charge is 0.307 e. The van der Waals surface area contributed by atoms with Crippen LogP contribution >= 0.6 is 0 Å². The number of carboxylic acids is 1. The zero-order valence-electron chi connectivity index (χ0n) is 21.7. The second-order valence-corrected chi connectivity index (χ2v) is 12.1. The summed E-state index contributed by atoms with van der Waals surface area (Å²) in [6.07, 6.45) is 12.3. The van der Waals surface area contributed by atoms with Crippen molar-refractivity contribution in [3.8, 4) is 11.5 Å². The highest BCUT2D eigenvalue weighted by Crippen LogP contribution is 2.61. The molecule has 4 saturated carbocycles. The topological polar surface area (TPSA) is 126 Å². The molecule has 0 radical (unpaired) electrons. The van der Waals surface area contributed by atoms with Crippen LogP contribution in [0.4, 0.5) is 5.69 Å². The SMILES string of the molecule is C/C(=N/NC(=O)CC12CC3CC(CC(C3)C1)C2)c1cc2c(cc1NC(=O)[C@H]1CC=CC[C@@H]1C(=O)O)OCO2. The van der Waals surface area contributed by atoms with Crippen LogP contribution in [0.5, 0.6) is 11.5 Å². The largest absolute Gasteiger partial charge is 0.481 e. The molecule has 4 bridgehead atoms. The summed E-state index contributed by atoms with van der Waals surface area (Å²) in [5.41, 5.74) is 4.42. The van der Waals surface area contributed by atoms with E-state index in [-0.39, 0.29) is 24.0 Å². The van der Waals surface area contributed by atoms with Crippen LogP contribution in [-0.2, 0) is 14.4 Å². The molecule has 3 N–H and O–H groups in total. The minimum atomic E-state index is -0.986. The maximum absolute atomic E-state index is 13.2. The maximum atomic E-state index is 13.2. The summed E-state index contributed by atoms with van der Waals surface area (Å²) in [6.45, 7) is 1.83. The van der Waals surface area contributed by atoms with Crippen LogP contribution in [0.3, 0.4) is 0 Å². The number of fused-ring (bicyclic) bond motifs is 1. The van der Waals surface area contributed by atoms with Crippen LogP contribution in [0.2, 0.25) is 0 Å². The summed E-state index contributed by atoms with van der Waals surface area (Å²) in [7, 11) is 0. The monoisotopic (exact) mass is 521 g/mol. The number of benzene rings is 1. The lowest BCUT2D eigenvalue weighted by Crippen LogP contribution is -2.47. The molecule has 0 spiro atoms. The number of rotatable bonds is 7. The van der Waals surface area contributed by atoms with Crippen LogP contribution in [-0.4, -0.2) is 35.4 Å². The number of carboxylic acid groups (broad SMARTS) is 1. The molecule has 0 saturated heterocycles. The fourth-order valence-electron chi connectivity index (χ4n) is 8.04. The van der Waals surface area contributed by atoms with Crippen molar-refractivity contribution in [3.05, 3.63) is 29.8 Å². The van der Waals surface area contributed by atoms with E-state index in [9.17, 15) is 19.5 Å². The number of ether oxygens (including phenoxy) is 2. The molecule has 2 amide bonds. The highest BCUT2D eigenvalue weighted by Gasteiger charge is 2.51. The van der Waals surface area contributed by atoms with Crippen molar-refractivity contribution in [2.45, 2.75) is 64.7 Å². The Kier molecular flexibility index (Phi) is 6.40. The van der Waals surface area contributed by atoms with Gasteiger partial charge in [-0.2, -0.15) is 5.10 Å². The summed E-state index contributed by atoms with van der Waals surface area (Å²) in [5, 5.41) is 16.9. The van der Waals surface area contributed by atoms with Gasteiger partial charge in [0.25, 0.3) is 0 Å². The summed E-state index contributed by atoms with van der Waals surface area (Å²) in [5.74, 6) is 0.441. The molecule has 1 heterocycles. The molecule has 202 valence electrons. The normalized spacial score (nSPS) is 32.8. The van der Waals surface area contributed by atoms with Gasteiger partial charge in [0.15, 0.2) is 11.5 Å². The third-order valence-corrected chi connectivity index (χ3v) is 9.30. The molecular formula is C29H35N3O6. The lowest BCUT2D eigenvalue weighted by atomic mass is 9.49. The molecule has 9 heteroatoms. The Morgan fingerprint density at radius 3 is 2.21 bits per heavy atom. The Hall–Kier alpha value is -3.36. The Labute approximate surface area is 222 Å². The highest BCUT2D eigenvalue weighted by molar-refractivity contribution is 6.08. The van der Waals surface area contributed by atoms with Crippen LogP contribution in [0.15, 0.2) is 29.4 Å². The van der Waals surface area contributed by atoms with Crippen molar-refractivity contribution in [3.63, 3.8) is 0 Å². The van der Waals surface area contributed by atoms with E-state index in [1.54, 1.807) is 25.1 Å². The van der Waals surface area contributed by atoms with Crippen molar-refractivity contribution in [1.29, 1.82) is 0 Å². The standard InChI is InChI=1S/C29H35N3O6/c1-16(31-32-26(33)14-29-11-17-6-18(12-29)8-19(7-17)13-29)22-9-24-25(38-15-37-24)10-23(22)30-27(34)20-4-2-3-5-21(20)28(35)36/h2-3,9-10,17-21H,4-8,11-15H2,1H3,(H,30,34)(H,32,33)(H,35,36)/b31-16-/t17?,18?,19?,20-,21-,29?/m0/s1. The molecule has 9 nitrogen and oxygen atoms in total. The van der Waals surface area contributed by atoms with Gasteiger partial charge in [0.2, 0.25) is 18.6 Å². The quantitative estimate of drug-likeness (QED) is 0.276. The molecule has 0 unspecified atom stereocenters. The number of anilines is 1. The molecule has 1 aliphatic heterocycles. The molecule has 1 aromatic carbocycles. The number of amides is 2. The van der Waals surface area contributed by atoms with Gasteiger partial charge in [-0.1, -0.05) is 12.2 Å². The Bertz CT molecular complexity index is 1190. The molecule has 1 aromatic rings. The molecule has 2 atom stereocenters. The first-order valence-corrected chi connectivity index (χ1v) is 13.7. The average molecular weight is 522 g/mol. The summed E-state index contributed by atoms with van der Waals surface area (Å²) >= 11 is 0. The van der Waals surface area contributed by atoms with E-state index in [0.29, 0.717) is 47.7 Å². The Morgan fingerprint density at radius 2 is 1.58 bits per heavy atom.